The van der Waals surface area contributed by atoms with Crippen LogP contribution in [0, 0.1) is 5.82 Å². The number of alkyl halides is 3. The number of imidazole rings is 1. The quantitative estimate of drug-likeness (QED) is 0.288. The third-order valence-electron chi connectivity index (χ3n) is 5.70. The van der Waals surface area contributed by atoms with E-state index < -0.39 is 39.1 Å². The molecule has 36 heavy (non-hydrogen) atoms. The Bertz CT molecular complexity index is 1400. The molecule has 190 valence electrons. The van der Waals surface area contributed by atoms with E-state index in [1.54, 1.807) is 0 Å². The molecule has 0 unspecified atom stereocenters. The molecule has 6 nitrogen and oxygen atoms in total. The van der Waals surface area contributed by atoms with E-state index in [1.807, 2.05) is 0 Å². The lowest BCUT2D eigenvalue weighted by Crippen LogP contribution is -2.31. The number of hydrogen-bond donors (Lipinski definition) is 0. The zero-order chi connectivity index (χ0) is 26.1. The summed E-state index contributed by atoms with van der Waals surface area (Å²) in [7, 11) is -4.11. The monoisotopic (exact) mass is 521 g/mol. The molecule has 0 N–H and O–H groups in total. The molecule has 11 heteroatoms. The zero-order valence-corrected chi connectivity index (χ0v) is 19.9. The van der Waals surface area contributed by atoms with Gasteiger partial charge in [-0.3, -0.25) is 4.79 Å². The zero-order valence-electron chi connectivity index (χ0n) is 19.1. The minimum atomic E-state index is -4.60. The van der Waals surface area contributed by atoms with Crippen molar-refractivity contribution >= 4 is 15.7 Å². The lowest BCUT2D eigenvalue weighted by molar-refractivity contribution is -0.137. The molecule has 1 aromatic heterocycles. The van der Waals surface area contributed by atoms with Gasteiger partial charge in [0, 0.05) is 18.2 Å². The van der Waals surface area contributed by atoms with Gasteiger partial charge in [0.15, 0.2) is 0 Å². The topological polar surface area (TPSA) is 72.3 Å². The molecule has 0 radical (unpaired) electrons. The van der Waals surface area contributed by atoms with Crippen LogP contribution < -0.4 is 0 Å². The summed E-state index contributed by atoms with van der Waals surface area (Å²) in [6.45, 7) is 3.77. The van der Waals surface area contributed by atoms with Crippen LogP contribution in [0.15, 0.2) is 72.5 Å². The highest BCUT2D eigenvalue weighted by Crippen LogP contribution is 2.39. The summed E-state index contributed by atoms with van der Waals surface area (Å²) >= 11 is 0. The van der Waals surface area contributed by atoms with Gasteiger partial charge in [-0.1, -0.05) is 30.3 Å². The second kappa shape index (κ2) is 9.88. The van der Waals surface area contributed by atoms with Crippen molar-refractivity contribution in [3.8, 4) is 0 Å². The van der Waals surface area contributed by atoms with Gasteiger partial charge in [-0.25, -0.2) is 17.8 Å². The summed E-state index contributed by atoms with van der Waals surface area (Å²) < 4.78 is 80.9. The van der Waals surface area contributed by atoms with Gasteiger partial charge in [0.2, 0.25) is 15.0 Å². The molecular weight excluding hydrogens is 498 g/mol. The molecule has 1 heterocycles. The average molecular weight is 522 g/mol. The number of nitrogens with zero attached hydrogens (tertiary/aromatic N) is 3. The molecule has 1 fully saturated rings. The van der Waals surface area contributed by atoms with Gasteiger partial charge < -0.3 is 9.47 Å². The molecule has 1 saturated carbocycles. The number of carbonyl (C=O) groups is 1. The van der Waals surface area contributed by atoms with E-state index in [1.165, 1.54) is 46.0 Å². The summed E-state index contributed by atoms with van der Waals surface area (Å²) in [4.78, 5) is 18.5. The van der Waals surface area contributed by atoms with Gasteiger partial charge >= 0.3 is 6.18 Å². The fourth-order valence-electron chi connectivity index (χ4n) is 3.94. The Balaban J connectivity index is 1.64. The summed E-state index contributed by atoms with van der Waals surface area (Å²) in [6.07, 6.45) is -0.335. The predicted molar refractivity (Wildman–Crippen MR) is 124 cm³/mol. The average Bonchev–Trinajstić information content (AvgIpc) is 3.56. The number of aromatic nitrogens is 2. The number of benzene rings is 2. The van der Waals surface area contributed by atoms with E-state index in [4.69, 9.17) is 0 Å². The Labute approximate surface area is 205 Å². The fourth-order valence-corrected chi connectivity index (χ4v) is 5.47. The van der Waals surface area contributed by atoms with Crippen molar-refractivity contribution in [2.24, 2.45) is 0 Å². The minimum Gasteiger partial charge on any atom is -0.329 e. The van der Waals surface area contributed by atoms with E-state index in [9.17, 15) is 30.8 Å². The first kappa shape index (κ1) is 25.6. The molecule has 0 saturated heterocycles. The smallest absolute Gasteiger partial charge is 0.329 e. The van der Waals surface area contributed by atoms with E-state index in [0.717, 1.165) is 24.3 Å². The molecule has 4 rings (SSSR count). The predicted octanol–water partition coefficient (Wildman–Crippen LogP) is 5.18. The highest BCUT2D eigenvalue weighted by Gasteiger charge is 2.35. The van der Waals surface area contributed by atoms with Gasteiger partial charge in [0.25, 0.3) is 5.91 Å². The number of amides is 1. The second-order valence-corrected chi connectivity index (χ2v) is 10.5. The maximum atomic E-state index is 13.7. The van der Waals surface area contributed by atoms with Crippen molar-refractivity contribution < 1.29 is 30.8 Å². The summed E-state index contributed by atoms with van der Waals surface area (Å²) in [5.74, 6) is -1.68. The molecule has 0 spiro atoms. The van der Waals surface area contributed by atoms with Gasteiger partial charge in [-0.15, -0.1) is 6.58 Å². The summed E-state index contributed by atoms with van der Waals surface area (Å²) in [5.41, 5.74) is -0.359. The number of hydrogen-bond acceptors (Lipinski definition) is 4. The maximum Gasteiger partial charge on any atom is 0.416 e. The van der Waals surface area contributed by atoms with Crippen LogP contribution in [-0.2, 0) is 28.3 Å². The molecule has 1 amide bonds. The van der Waals surface area contributed by atoms with Crippen LogP contribution in [0.2, 0.25) is 0 Å². The van der Waals surface area contributed by atoms with Crippen molar-refractivity contribution in [2.45, 2.75) is 42.5 Å². The first-order valence-corrected chi connectivity index (χ1v) is 12.8. The third-order valence-corrected chi connectivity index (χ3v) is 7.27. The van der Waals surface area contributed by atoms with Gasteiger partial charge in [0.1, 0.15) is 5.82 Å². The van der Waals surface area contributed by atoms with Gasteiger partial charge in [0.05, 0.1) is 29.8 Å². The van der Waals surface area contributed by atoms with Gasteiger partial charge in [-0.2, -0.15) is 13.2 Å². The number of halogens is 4. The van der Waals surface area contributed by atoms with E-state index in [-0.39, 0.29) is 35.4 Å². The largest absolute Gasteiger partial charge is 0.416 e. The van der Waals surface area contributed by atoms with Crippen LogP contribution in [0.25, 0.3) is 0 Å². The van der Waals surface area contributed by atoms with Crippen molar-refractivity contribution in [2.75, 3.05) is 6.54 Å². The van der Waals surface area contributed by atoms with Gasteiger partial charge in [-0.05, 0) is 42.7 Å². The molecule has 3 aromatic rings. The van der Waals surface area contributed by atoms with Crippen LogP contribution in [0.4, 0.5) is 17.6 Å². The minimum absolute atomic E-state index is 0.00807. The van der Waals surface area contributed by atoms with Crippen LogP contribution in [0.3, 0.4) is 0 Å². The standard InChI is InChI=1S/C25H23F4N3O3S/c1-2-11-31(23(33)18-6-4-8-20(26)13-18)15-22-14-30-24(32(22)21-9-10-21)36(34,35)16-17-5-3-7-19(12-17)25(27,28)29/h2-8,12-14,21H,1,9-11,15-16H2. The van der Waals surface area contributed by atoms with Crippen molar-refractivity contribution in [1.82, 2.24) is 14.5 Å². The Morgan fingerprint density at radius 1 is 1.17 bits per heavy atom. The second-order valence-electron chi connectivity index (χ2n) is 8.58. The Kier molecular flexibility index (Phi) is 7.03. The molecule has 0 atom stereocenters. The third kappa shape index (κ3) is 5.67. The lowest BCUT2D eigenvalue weighted by Gasteiger charge is -2.22. The van der Waals surface area contributed by atoms with E-state index in [0.29, 0.717) is 18.5 Å². The van der Waals surface area contributed by atoms with Crippen LogP contribution in [-0.4, -0.2) is 35.3 Å². The number of rotatable bonds is 9. The van der Waals surface area contributed by atoms with Crippen LogP contribution in [0.1, 0.15) is 46.1 Å². The van der Waals surface area contributed by atoms with Crippen LogP contribution in [0.5, 0.6) is 0 Å². The van der Waals surface area contributed by atoms with Crippen LogP contribution >= 0.6 is 0 Å². The maximum absolute atomic E-state index is 13.7. The number of sulfone groups is 1. The Morgan fingerprint density at radius 3 is 2.53 bits per heavy atom. The Morgan fingerprint density at radius 2 is 1.89 bits per heavy atom. The van der Waals surface area contributed by atoms with Crippen molar-refractivity contribution in [3.63, 3.8) is 0 Å². The highest BCUT2D eigenvalue weighted by molar-refractivity contribution is 7.90. The lowest BCUT2D eigenvalue weighted by atomic mass is 10.1. The molecule has 1 aliphatic rings. The van der Waals surface area contributed by atoms with E-state index in [2.05, 4.69) is 11.6 Å². The SMILES string of the molecule is C=CCN(Cc1cnc(S(=O)(=O)Cc2cccc(C(F)(F)F)c2)n1C1CC1)C(=O)c1cccc(F)c1. The fraction of sp³-hybridized carbons (Fsp3) is 0.280. The molecule has 2 aromatic carbocycles. The summed E-state index contributed by atoms with van der Waals surface area (Å²) in [6, 6.07) is 9.25. The van der Waals surface area contributed by atoms with Crippen molar-refractivity contribution in [3.05, 3.63) is 95.6 Å². The molecular formula is C25H23F4N3O3S. The normalized spacial score (nSPS) is 14.0. The molecule has 1 aliphatic carbocycles. The molecule has 0 aliphatic heterocycles. The summed E-state index contributed by atoms with van der Waals surface area (Å²) in [5, 5.41) is -0.255. The Hall–Kier alpha value is -3.47. The first-order chi connectivity index (χ1) is 17.0. The molecule has 0 bridgehead atoms. The van der Waals surface area contributed by atoms with E-state index >= 15 is 0 Å². The van der Waals surface area contributed by atoms with Crippen molar-refractivity contribution in [1.29, 1.82) is 0 Å². The highest BCUT2D eigenvalue weighted by atomic mass is 32.2. The number of carbonyl (C=O) groups excluding carboxylic acids is 1. The first-order valence-electron chi connectivity index (χ1n) is 11.1.